The van der Waals surface area contributed by atoms with E-state index in [0.717, 1.165) is 25.8 Å². The van der Waals surface area contributed by atoms with Crippen molar-refractivity contribution in [2.75, 3.05) is 32.7 Å². The number of amides is 2. The van der Waals surface area contributed by atoms with Gasteiger partial charge in [-0.3, -0.25) is 14.5 Å². The lowest BCUT2D eigenvalue weighted by molar-refractivity contribution is -0.123. The molecular formula is C23H27N3O3. The second-order valence-corrected chi connectivity index (χ2v) is 7.86. The molecule has 4 rings (SSSR count). The fraction of sp³-hybridized carbons (Fsp3) is 0.391. The molecule has 1 spiro atoms. The van der Waals surface area contributed by atoms with Crippen LogP contribution in [0.3, 0.4) is 0 Å². The van der Waals surface area contributed by atoms with Crippen molar-refractivity contribution in [3.8, 4) is 5.75 Å². The largest absolute Gasteiger partial charge is 0.483 e. The number of nitrogens with zero attached hydrogens (tertiary/aromatic N) is 1. The van der Waals surface area contributed by atoms with Gasteiger partial charge in [-0.05, 0) is 43.5 Å². The van der Waals surface area contributed by atoms with E-state index in [1.165, 1.54) is 5.56 Å². The average molecular weight is 393 g/mol. The van der Waals surface area contributed by atoms with Crippen LogP contribution >= 0.6 is 0 Å². The molecule has 2 aliphatic rings. The molecule has 1 saturated heterocycles. The van der Waals surface area contributed by atoms with E-state index in [9.17, 15) is 9.59 Å². The van der Waals surface area contributed by atoms with Crippen LogP contribution in [0, 0.1) is 0 Å². The van der Waals surface area contributed by atoms with E-state index in [1.54, 1.807) is 6.07 Å². The lowest BCUT2D eigenvalue weighted by Crippen LogP contribution is -2.58. The van der Waals surface area contributed by atoms with Crippen molar-refractivity contribution < 1.29 is 14.3 Å². The number of ether oxygens (including phenoxy) is 1. The number of fused-ring (bicyclic) bond motifs is 1. The third-order valence-corrected chi connectivity index (χ3v) is 5.59. The number of hydrogen-bond acceptors (Lipinski definition) is 4. The summed E-state index contributed by atoms with van der Waals surface area (Å²) in [6, 6.07) is 17.5. The van der Waals surface area contributed by atoms with Crippen LogP contribution in [0.2, 0.25) is 0 Å². The minimum absolute atomic E-state index is 0.0241. The fourth-order valence-electron chi connectivity index (χ4n) is 4.15. The zero-order chi connectivity index (χ0) is 20.1. The molecule has 6 nitrogen and oxygen atoms in total. The quantitative estimate of drug-likeness (QED) is 0.815. The Morgan fingerprint density at radius 1 is 1.14 bits per heavy atom. The van der Waals surface area contributed by atoms with Gasteiger partial charge in [-0.25, -0.2) is 0 Å². The zero-order valence-corrected chi connectivity index (χ0v) is 16.5. The number of likely N-dealkylation sites (tertiary alicyclic amines) is 1. The second-order valence-electron chi connectivity index (χ2n) is 7.86. The summed E-state index contributed by atoms with van der Waals surface area (Å²) in [5.74, 6) is 0.543. The Morgan fingerprint density at radius 2 is 1.93 bits per heavy atom. The Bertz CT molecular complexity index is 871. The van der Waals surface area contributed by atoms with Crippen LogP contribution in [0.15, 0.2) is 54.6 Å². The number of nitrogens with one attached hydrogen (secondary N) is 2. The average Bonchev–Trinajstić information content (AvgIpc) is 2.86. The SMILES string of the molecule is O=C(CN1CCCC2(CNC(=O)c3ccccc3O2)C1)NCCc1ccccc1. The molecule has 1 atom stereocenters. The second kappa shape index (κ2) is 8.66. The van der Waals surface area contributed by atoms with E-state index in [1.807, 2.05) is 36.4 Å². The fourth-order valence-corrected chi connectivity index (χ4v) is 4.15. The number of benzene rings is 2. The summed E-state index contributed by atoms with van der Waals surface area (Å²) in [5, 5.41) is 6.01. The minimum Gasteiger partial charge on any atom is -0.483 e. The highest BCUT2D eigenvalue weighted by atomic mass is 16.5. The maximum atomic E-state index is 12.4. The van der Waals surface area contributed by atoms with Crippen molar-refractivity contribution in [2.45, 2.75) is 24.9 Å². The molecule has 2 aromatic rings. The van der Waals surface area contributed by atoms with Crippen molar-refractivity contribution in [1.82, 2.24) is 15.5 Å². The molecule has 2 amide bonds. The van der Waals surface area contributed by atoms with Gasteiger partial charge in [0.2, 0.25) is 5.91 Å². The molecule has 0 aliphatic carbocycles. The van der Waals surface area contributed by atoms with Crippen LogP contribution in [0.5, 0.6) is 5.75 Å². The molecule has 0 aromatic heterocycles. The number of rotatable bonds is 5. The summed E-state index contributed by atoms with van der Waals surface area (Å²) in [6.07, 6.45) is 2.60. The third-order valence-electron chi connectivity index (χ3n) is 5.59. The van der Waals surface area contributed by atoms with Crippen LogP contribution in [0.25, 0.3) is 0 Å². The van der Waals surface area contributed by atoms with Crippen LogP contribution < -0.4 is 15.4 Å². The van der Waals surface area contributed by atoms with Crippen LogP contribution in [0.1, 0.15) is 28.8 Å². The normalized spacial score (nSPS) is 21.6. The summed E-state index contributed by atoms with van der Waals surface area (Å²) >= 11 is 0. The van der Waals surface area contributed by atoms with E-state index >= 15 is 0 Å². The van der Waals surface area contributed by atoms with E-state index in [-0.39, 0.29) is 11.8 Å². The van der Waals surface area contributed by atoms with Crippen molar-refractivity contribution in [3.63, 3.8) is 0 Å². The Labute approximate surface area is 171 Å². The van der Waals surface area contributed by atoms with Crippen molar-refractivity contribution >= 4 is 11.8 Å². The molecule has 1 unspecified atom stereocenters. The zero-order valence-electron chi connectivity index (χ0n) is 16.5. The summed E-state index contributed by atoms with van der Waals surface area (Å²) in [7, 11) is 0. The lowest BCUT2D eigenvalue weighted by Gasteiger charge is -2.41. The van der Waals surface area contributed by atoms with E-state index in [2.05, 4.69) is 27.7 Å². The van der Waals surface area contributed by atoms with E-state index in [4.69, 9.17) is 4.74 Å². The Hall–Kier alpha value is -2.86. The molecule has 0 bridgehead atoms. The highest BCUT2D eigenvalue weighted by Crippen LogP contribution is 2.31. The van der Waals surface area contributed by atoms with E-state index in [0.29, 0.717) is 37.5 Å². The molecule has 29 heavy (non-hydrogen) atoms. The molecule has 6 heteroatoms. The van der Waals surface area contributed by atoms with Gasteiger partial charge in [-0.2, -0.15) is 0 Å². The Kier molecular flexibility index (Phi) is 5.81. The van der Waals surface area contributed by atoms with Gasteiger partial charge in [0.05, 0.1) is 18.7 Å². The molecule has 1 fully saturated rings. The molecule has 2 aromatic carbocycles. The van der Waals surface area contributed by atoms with Crippen molar-refractivity contribution in [2.24, 2.45) is 0 Å². The molecule has 2 aliphatic heterocycles. The number of carbonyl (C=O) groups is 2. The smallest absolute Gasteiger partial charge is 0.255 e. The van der Waals surface area contributed by atoms with Gasteiger partial charge >= 0.3 is 0 Å². The number of hydrogen-bond donors (Lipinski definition) is 2. The first-order valence-corrected chi connectivity index (χ1v) is 10.2. The summed E-state index contributed by atoms with van der Waals surface area (Å²) in [6.45, 7) is 2.89. The predicted molar refractivity (Wildman–Crippen MR) is 111 cm³/mol. The summed E-state index contributed by atoms with van der Waals surface area (Å²) < 4.78 is 6.35. The Balaban J connectivity index is 1.33. The van der Waals surface area contributed by atoms with Crippen molar-refractivity contribution in [1.29, 1.82) is 0 Å². The summed E-state index contributed by atoms with van der Waals surface area (Å²) in [5.41, 5.74) is 1.29. The Morgan fingerprint density at radius 3 is 2.79 bits per heavy atom. The molecule has 0 saturated carbocycles. The van der Waals surface area contributed by atoms with Gasteiger partial charge in [-0.15, -0.1) is 0 Å². The van der Waals surface area contributed by atoms with Crippen LogP contribution in [-0.2, 0) is 11.2 Å². The maximum absolute atomic E-state index is 12.4. The van der Waals surface area contributed by atoms with Gasteiger partial charge in [0.1, 0.15) is 11.4 Å². The van der Waals surface area contributed by atoms with Gasteiger partial charge in [-0.1, -0.05) is 42.5 Å². The lowest BCUT2D eigenvalue weighted by atomic mass is 9.92. The van der Waals surface area contributed by atoms with E-state index < -0.39 is 5.60 Å². The van der Waals surface area contributed by atoms with Crippen LogP contribution in [-0.4, -0.2) is 55.0 Å². The molecule has 0 radical (unpaired) electrons. The minimum atomic E-state index is -0.495. The highest BCUT2D eigenvalue weighted by Gasteiger charge is 2.41. The molecule has 2 heterocycles. The monoisotopic (exact) mass is 393 g/mol. The van der Waals surface area contributed by atoms with Gasteiger partial charge in [0.25, 0.3) is 5.91 Å². The van der Waals surface area contributed by atoms with Crippen LogP contribution in [0.4, 0.5) is 0 Å². The first-order valence-electron chi connectivity index (χ1n) is 10.2. The first-order chi connectivity index (χ1) is 14.1. The number of carbonyl (C=O) groups excluding carboxylic acids is 2. The van der Waals surface area contributed by atoms with Crippen molar-refractivity contribution in [3.05, 3.63) is 65.7 Å². The number of piperidine rings is 1. The van der Waals surface area contributed by atoms with Gasteiger partial charge in [0, 0.05) is 13.1 Å². The maximum Gasteiger partial charge on any atom is 0.255 e. The molecule has 152 valence electrons. The van der Waals surface area contributed by atoms with Gasteiger partial charge in [0.15, 0.2) is 0 Å². The highest BCUT2D eigenvalue weighted by molar-refractivity contribution is 5.97. The first kappa shape index (κ1) is 19.5. The standard InChI is InChI=1S/C23H27N3O3/c27-21(24-13-11-18-7-2-1-3-8-18)15-26-14-6-12-23(17-26)16-25-22(28)19-9-4-5-10-20(19)29-23/h1-5,7-10H,6,11-17H2,(H,24,27)(H,25,28). The summed E-state index contributed by atoms with van der Waals surface area (Å²) in [4.78, 5) is 26.9. The molecule has 2 N–H and O–H groups in total. The predicted octanol–water partition coefficient (Wildman–Crippen LogP) is 2.00. The topological polar surface area (TPSA) is 70.7 Å². The number of para-hydroxylation sites is 1. The third kappa shape index (κ3) is 4.77. The molecular weight excluding hydrogens is 366 g/mol. The van der Waals surface area contributed by atoms with Gasteiger partial charge < -0.3 is 15.4 Å².